The standard InChI is InChI=1S/C13H8ClF3N4O2S/c1-6-11(23)19-12(21-20-6)24-5-10(22)18-7-2-3-9(14)8(4-7)13(15,16)17/h2-4H,1,5H2,(H,18,22). The van der Waals surface area contributed by atoms with E-state index in [4.69, 9.17) is 11.6 Å². The van der Waals surface area contributed by atoms with Crippen LogP contribution in [-0.4, -0.2) is 22.7 Å². The number of hydrogen-bond donors (Lipinski definition) is 1. The first-order valence-electron chi connectivity index (χ1n) is 6.20. The maximum Gasteiger partial charge on any atom is 0.417 e. The molecule has 1 aromatic carbocycles. The van der Waals surface area contributed by atoms with Gasteiger partial charge in [-0.1, -0.05) is 29.9 Å². The minimum absolute atomic E-state index is 0.0327. The van der Waals surface area contributed by atoms with Gasteiger partial charge in [-0.2, -0.15) is 18.2 Å². The van der Waals surface area contributed by atoms with Crippen LogP contribution in [0.25, 0.3) is 0 Å². The number of benzene rings is 1. The Labute approximate surface area is 142 Å². The van der Waals surface area contributed by atoms with E-state index in [9.17, 15) is 22.8 Å². The number of amides is 2. The molecule has 0 aromatic heterocycles. The predicted molar refractivity (Wildman–Crippen MR) is 84.0 cm³/mol. The van der Waals surface area contributed by atoms with Crippen LogP contribution >= 0.6 is 23.4 Å². The van der Waals surface area contributed by atoms with Crippen molar-refractivity contribution in [3.63, 3.8) is 0 Å². The smallest absolute Gasteiger partial charge is 0.325 e. The number of alkyl halides is 3. The first kappa shape index (κ1) is 18.1. The van der Waals surface area contributed by atoms with Gasteiger partial charge >= 0.3 is 6.18 Å². The molecule has 2 rings (SSSR count). The Bertz CT molecular complexity index is 777. The SMILES string of the molecule is C=C1N=NC(SCC(=O)Nc2ccc(Cl)c(C(F)(F)F)c2)=NC1=O. The second kappa shape index (κ2) is 7.14. The number of aliphatic imine (C=N–C) groups is 1. The van der Waals surface area contributed by atoms with Crippen molar-refractivity contribution in [3.8, 4) is 0 Å². The van der Waals surface area contributed by atoms with Crippen molar-refractivity contribution in [3.05, 3.63) is 41.1 Å². The summed E-state index contributed by atoms with van der Waals surface area (Å²) in [4.78, 5) is 26.5. The van der Waals surface area contributed by atoms with Gasteiger partial charge in [0.2, 0.25) is 11.1 Å². The summed E-state index contributed by atoms with van der Waals surface area (Å²) in [6.07, 6.45) is -4.63. The van der Waals surface area contributed by atoms with Crippen LogP contribution in [0, 0.1) is 0 Å². The highest BCUT2D eigenvalue weighted by molar-refractivity contribution is 8.14. The molecule has 24 heavy (non-hydrogen) atoms. The molecule has 0 bridgehead atoms. The molecule has 6 nitrogen and oxygen atoms in total. The Morgan fingerprint density at radius 1 is 1.33 bits per heavy atom. The first-order valence-corrected chi connectivity index (χ1v) is 7.56. The highest BCUT2D eigenvalue weighted by Crippen LogP contribution is 2.36. The van der Waals surface area contributed by atoms with Crippen molar-refractivity contribution in [2.75, 3.05) is 11.1 Å². The molecule has 1 heterocycles. The van der Waals surface area contributed by atoms with E-state index < -0.39 is 28.6 Å². The Morgan fingerprint density at radius 3 is 2.67 bits per heavy atom. The van der Waals surface area contributed by atoms with E-state index in [2.05, 4.69) is 27.1 Å². The van der Waals surface area contributed by atoms with Crippen molar-refractivity contribution in [1.82, 2.24) is 0 Å². The van der Waals surface area contributed by atoms with Crippen molar-refractivity contribution in [1.29, 1.82) is 0 Å². The summed E-state index contributed by atoms with van der Waals surface area (Å²) in [6, 6.07) is 3.01. The minimum atomic E-state index is -4.63. The van der Waals surface area contributed by atoms with Crippen LogP contribution in [0.15, 0.2) is 45.7 Å². The fourth-order valence-electron chi connectivity index (χ4n) is 1.53. The van der Waals surface area contributed by atoms with E-state index in [-0.39, 0.29) is 22.3 Å². The molecule has 1 aromatic rings. The topological polar surface area (TPSA) is 83.2 Å². The third-order valence-corrected chi connectivity index (χ3v) is 3.76. The molecule has 0 aliphatic carbocycles. The summed E-state index contributed by atoms with van der Waals surface area (Å²) in [5.74, 6) is -1.49. The van der Waals surface area contributed by atoms with Gasteiger partial charge < -0.3 is 5.32 Å². The average molecular weight is 377 g/mol. The van der Waals surface area contributed by atoms with Crippen LogP contribution < -0.4 is 5.32 Å². The lowest BCUT2D eigenvalue weighted by Crippen LogP contribution is -2.16. The van der Waals surface area contributed by atoms with Crippen molar-refractivity contribution in [2.45, 2.75) is 6.18 Å². The number of hydrogen-bond acceptors (Lipinski definition) is 5. The molecular weight excluding hydrogens is 369 g/mol. The molecule has 0 radical (unpaired) electrons. The Hall–Kier alpha value is -2.20. The number of thioether (sulfide) groups is 1. The molecule has 1 aliphatic rings. The van der Waals surface area contributed by atoms with Gasteiger partial charge in [0.25, 0.3) is 5.91 Å². The van der Waals surface area contributed by atoms with Crippen molar-refractivity contribution < 1.29 is 22.8 Å². The maximum absolute atomic E-state index is 12.7. The highest BCUT2D eigenvalue weighted by atomic mass is 35.5. The highest BCUT2D eigenvalue weighted by Gasteiger charge is 2.33. The summed E-state index contributed by atoms with van der Waals surface area (Å²) in [6.45, 7) is 3.31. The molecule has 0 fully saturated rings. The van der Waals surface area contributed by atoms with Crippen molar-refractivity contribution in [2.24, 2.45) is 15.2 Å². The van der Waals surface area contributed by atoms with E-state index in [1.54, 1.807) is 0 Å². The summed E-state index contributed by atoms with van der Waals surface area (Å²) >= 11 is 6.30. The third-order valence-electron chi connectivity index (χ3n) is 2.59. The Morgan fingerprint density at radius 2 is 2.04 bits per heavy atom. The number of anilines is 1. The molecule has 1 aliphatic heterocycles. The predicted octanol–water partition coefficient (Wildman–Crippen LogP) is 3.89. The second-order valence-corrected chi connectivity index (χ2v) is 5.73. The Balaban J connectivity index is 1.98. The average Bonchev–Trinajstić information content (AvgIpc) is 2.49. The van der Waals surface area contributed by atoms with Crippen LogP contribution in [-0.2, 0) is 15.8 Å². The van der Waals surface area contributed by atoms with Crippen LogP contribution in [0.4, 0.5) is 18.9 Å². The number of azo groups is 1. The summed E-state index contributed by atoms with van der Waals surface area (Å²) < 4.78 is 38.2. The lowest BCUT2D eigenvalue weighted by Gasteiger charge is -2.11. The zero-order valence-corrected chi connectivity index (χ0v) is 13.3. The van der Waals surface area contributed by atoms with Gasteiger partial charge in [0.15, 0.2) is 0 Å². The minimum Gasteiger partial charge on any atom is -0.325 e. The molecule has 0 atom stereocenters. The third kappa shape index (κ3) is 4.65. The summed E-state index contributed by atoms with van der Waals surface area (Å²) in [5.41, 5.74) is -1.23. The van der Waals surface area contributed by atoms with E-state index in [0.29, 0.717) is 0 Å². The normalized spacial score (nSPS) is 14.6. The number of nitrogens with one attached hydrogen (secondary N) is 1. The van der Waals surface area contributed by atoms with Crippen LogP contribution in [0.1, 0.15) is 5.56 Å². The number of halogens is 4. The van der Waals surface area contributed by atoms with E-state index in [1.165, 1.54) is 6.07 Å². The second-order valence-electron chi connectivity index (χ2n) is 4.38. The molecule has 0 unspecified atom stereocenters. The fraction of sp³-hybridized carbons (Fsp3) is 0.154. The van der Waals surface area contributed by atoms with Gasteiger partial charge in [-0.3, -0.25) is 9.59 Å². The number of rotatable bonds is 3. The molecule has 2 amide bonds. The lowest BCUT2D eigenvalue weighted by molar-refractivity contribution is -0.137. The van der Waals surface area contributed by atoms with Gasteiger partial charge in [0, 0.05) is 5.69 Å². The summed E-state index contributed by atoms with van der Waals surface area (Å²) in [7, 11) is 0. The quantitative estimate of drug-likeness (QED) is 0.812. The first-order chi connectivity index (χ1) is 11.2. The zero-order chi connectivity index (χ0) is 17.9. The maximum atomic E-state index is 12.7. The van der Waals surface area contributed by atoms with Crippen LogP contribution in [0.5, 0.6) is 0 Å². The van der Waals surface area contributed by atoms with E-state index >= 15 is 0 Å². The van der Waals surface area contributed by atoms with Gasteiger partial charge in [-0.25, -0.2) is 0 Å². The van der Waals surface area contributed by atoms with E-state index in [1.807, 2.05) is 0 Å². The Kier molecular flexibility index (Phi) is 5.40. The number of nitrogens with zero attached hydrogens (tertiary/aromatic N) is 3. The molecular formula is C13H8ClF3N4O2S. The van der Waals surface area contributed by atoms with Crippen molar-refractivity contribution >= 4 is 46.0 Å². The largest absolute Gasteiger partial charge is 0.417 e. The molecule has 11 heteroatoms. The van der Waals surface area contributed by atoms with Gasteiger partial charge in [-0.05, 0) is 18.2 Å². The molecule has 1 N–H and O–H groups in total. The monoisotopic (exact) mass is 376 g/mol. The van der Waals surface area contributed by atoms with Crippen LogP contribution in [0.2, 0.25) is 5.02 Å². The summed E-state index contributed by atoms with van der Waals surface area (Å²) in [5, 5.41) is 8.82. The number of carbonyl (C=O) groups excluding carboxylic acids is 2. The number of carbonyl (C=O) groups is 2. The zero-order valence-electron chi connectivity index (χ0n) is 11.7. The van der Waals surface area contributed by atoms with E-state index in [0.717, 1.165) is 23.9 Å². The van der Waals surface area contributed by atoms with Gasteiger partial charge in [-0.15, -0.1) is 10.2 Å². The molecule has 0 spiro atoms. The molecule has 126 valence electrons. The van der Waals surface area contributed by atoms with Gasteiger partial charge in [0.1, 0.15) is 5.70 Å². The fourth-order valence-corrected chi connectivity index (χ4v) is 2.33. The lowest BCUT2D eigenvalue weighted by atomic mass is 10.2. The van der Waals surface area contributed by atoms with Crippen LogP contribution in [0.3, 0.4) is 0 Å². The number of amidine groups is 1. The molecule has 0 saturated carbocycles. The van der Waals surface area contributed by atoms with Gasteiger partial charge in [0.05, 0.1) is 16.3 Å². The molecule has 0 saturated heterocycles.